The Hall–Kier alpha value is -3.30. The van der Waals surface area contributed by atoms with Gasteiger partial charge in [0.2, 0.25) is 15.9 Å². The summed E-state index contributed by atoms with van der Waals surface area (Å²) in [6, 6.07) is 11.9. The molecule has 0 unspecified atom stereocenters. The molecule has 0 saturated carbocycles. The zero-order chi connectivity index (χ0) is 25.9. The smallest absolute Gasteiger partial charge is 0.248 e. The zero-order valence-corrected chi connectivity index (χ0v) is 21.4. The summed E-state index contributed by atoms with van der Waals surface area (Å²) in [5, 5.41) is 6.76. The highest BCUT2D eigenvalue weighted by Gasteiger charge is 2.36. The Morgan fingerprint density at radius 1 is 1.17 bits per heavy atom. The standard InChI is InChI=1S/C27H30FN3O4S/c1-18-6-7-19(2)22(15-18)10-13-25-26(20(3)30-35-25)36(33,34)31-14-4-5-23(17-31)27(32)29-16-21-8-11-24(28)12-9-21/h6-13,15,23H,4-5,14,16-17H2,1-3H3,(H,29,32)/b13-10+/t23-/m0/s1. The number of carbonyl (C=O) groups excluding carboxylic acids is 1. The maximum Gasteiger partial charge on any atom is 0.248 e. The van der Waals surface area contributed by atoms with Crippen LogP contribution in [0.5, 0.6) is 0 Å². The van der Waals surface area contributed by atoms with Crippen molar-refractivity contribution in [3.63, 3.8) is 0 Å². The van der Waals surface area contributed by atoms with Crippen molar-refractivity contribution in [2.45, 2.75) is 45.1 Å². The minimum Gasteiger partial charge on any atom is -0.355 e. The molecule has 1 fully saturated rings. The Morgan fingerprint density at radius 3 is 2.67 bits per heavy atom. The molecule has 0 spiro atoms. The molecule has 2 aromatic carbocycles. The predicted molar refractivity (Wildman–Crippen MR) is 136 cm³/mol. The molecular weight excluding hydrogens is 481 g/mol. The second-order valence-corrected chi connectivity index (χ2v) is 11.1. The minimum atomic E-state index is -3.94. The van der Waals surface area contributed by atoms with Crippen molar-refractivity contribution in [1.29, 1.82) is 0 Å². The number of nitrogens with one attached hydrogen (secondary N) is 1. The second kappa shape index (κ2) is 10.8. The summed E-state index contributed by atoms with van der Waals surface area (Å²) in [6.07, 6.45) is 4.60. The van der Waals surface area contributed by atoms with Crippen molar-refractivity contribution in [2.24, 2.45) is 5.92 Å². The van der Waals surface area contributed by atoms with Crippen molar-refractivity contribution in [3.8, 4) is 0 Å². The van der Waals surface area contributed by atoms with E-state index in [0.29, 0.717) is 19.4 Å². The Kier molecular flexibility index (Phi) is 7.70. The van der Waals surface area contributed by atoms with Crippen LogP contribution < -0.4 is 5.32 Å². The van der Waals surface area contributed by atoms with Gasteiger partial charge >= 0.3 is 0 Å². The number of rotatable bonds is 7. The average Bonchev–Trinajstić information content (AvgIpc) is 3.25. The van der Waals surface area contributed by atoms with Gasteiger partial charge in [-0.25, -0.2) is 12.8 Å². The summed E-state index contributed by atoms with van der Waals surface area (Å²) in [7, 11) is -3.94. The predicted octanol–water partition coefficient (Wildman–Crippen LogP) is 4.63. The van der Waals surface area contributed by atoms with Crippen LogP contribution in [0.1, 0.15) is 46.5 Å². The van der Waals surface area contributed by atoms with Crippen LogP contribution in [-0.2, 0) is 21.4 Å². The number of nitrogens with zero attached hydrogens (tertiary/aromatic N) is 2. The van der Waals surface area contributed by atoms with Crippen LogP contribution >= 0.6 is 0 Å². The van der Waals surface area contributed by atoms with Gasteiger partial charge in [0.1, 0.15) is 11.5 Å². The van der Waals surface area contributed by atoms with E-state index in [9.17, 15) is 17.6 Å². The lowest BCUT2D eigenvalue weighted by Crippen LogP contribution is -2.45. The number of hydrogen-bond acceptors (Lipinski definition) is 5. The number of amides is 1. The van der Waals surface area contributed by atoms with Gasteiger partial charge in [-0.1, -0.05) is 47.1 Å². The first-order valence-electron chi connectivity index (χ1n) is 11.9. The highest BCUT2D eigenvalue weighted by Crippen LogP contribution is 2.29. The topological polar surface area (TPSA) is 92.5 Å². The fraction of sp³-hybridized carbons (Fsp3) is 0.333. The molecule has 1 saturated heterocycles. The van der Waals surface area contributed by atoms with E-state index in [1.54, 1.807) is 25.1 Å². The molecule has 9 heteroatoms. The van der Waals surface area contributed by atoms with E-state index in [4.69, 9.17) is 4.52 Å². The van der Waals surface area contributed by atoms with E-state index in [0.717, 1.165) is 22.3 Å². The van der Waals surface area contributed by atoms with E-state index >= 15 is 0 Å². The van der Waals surface area contributed by atoms with E-state index in [1.165, 1.54) is 16.4 Å². The number of hydrogen-bond donors (Lipinski definition) is 1. The van der Waals surface area contributed by atoms with E-state index in [1.807, 2.05) is 38.1 Å². The first-order chi connectivity index (χ1) is 17.1. The molecule has 36 heavy (non-hydrogen) atoms. The molecule has 4 rings (SSSR count). The highest BCUT2D eigenvalue weighted by molar-refractivity contribution is 7.89. The lowest BCUT2D eigenvalue weighted by molar-refractivity contribution is -0.126. The van der Waals surface area contributed by atoms with Gasteiger partial charge in [0.15, 0.2) is 10.7 Å². The number of carbonyl (C=O) groups is 1. The van der Waals surface area contributed by atoms with Crippen molar-refractivity contribution in [3.05, 3.63) is 82.0 Å². The van der Waals surface area contributed by atoms with Crippen molar-refractivity contribution in [2.75, 3.05) is 13.1 Å². The Labute approximate surface area is 211 Å². The van der Waals surface area contributed by atoms with Crippen molar-refractivity contribution < 1.29 is 22.1 Å². The molecular formula is C27H30FN3O4S. The summed E-state index contributed by atoms with van der Waals surface area (Å²) in [5.41, 5.74) is 4.16. The summed E-state index contributed by atoms with van der Waals surface area (Å²) >= 11 is 0. The van der Waals surface area contributed by atoms with E-state index in [-0.39, 0.29) is 41.2 Å². The third-order valence-corrected chi connectivity index (χ3v) is 8.44. The van der Waals surface area contributed by atoms with Crippen LogP contribution in [-0.4, -0.2) is 36.9 Å². The molecule has 0 aliphatic carbocycles. The zero-order valence-electron chi connectivity index (χ0n) is 20.6. The summed E-state index contributed by atoms with van der Waals surface area (Å²) < 4.78 is 47.1. The van der Waals surface area contributed by atoms with Gasteiger partial charge in [-0.15, -0.1) is 0 Å². The second-order valence-electron chi connectivity index (χ2n) is 9.20. The monoisotopic (exact) mass is 511 g/mol. The SMILES string of the molecule is Cc1ccc(C)c(/C=C/c2onc(C)c2S(=O)(=O)N2CCC[C@H](C(=O)NCc3ccc(F)cc3)C2)c1. The van der Waals surface area contributed by atoms with Gasteiger partial charge in [0.25, 0.3) is 0 Å². The van der Waals surface area contributed by atoms with Gasteiger partial charge in [-0.3, -0.25) is 4.79 Å². The number of aromatic nitrogens is 1. The van der Waals surface area contributed by atoms with Crippen LogP contribution in [0.4, 0.5) is 4.39 Å². The van der Waals surface area contributed by atoms with Crippen LogP contribution in [0, 0.1) is 32.5 Å². The van der Waals surface area contributed by atoms with Crippen LogP contribution in [0.15, 0.2) is 51.9 Å². The molecule has 1 aromatic heterocycles. The average molecular weight is 512 g/mol. The largest absolute Gasteiger partial charge is 0.355 e. The molecule has 7 nitrogen and oxygen atoms in total. The quantitative estimate of drug-likeness (QED) is 0.500. The molecule has 190 valence electrons. The lowest BCUT2D eigenvalue weighted by Gasteiger charge is -2.31. The van der Waals surface area contributed by atoms with Gasteiger partial charge in [-0.2, -0.15) is 4.31 Å². The third-order valence-electron chi connectivity index (χ3n) is 6.42. The molecule has 1 N–H and O–H groups in total. The molecule has 0 bridgehead atoms. The molecule has 1 aliphatic rings. The van der Waals surface area contributed by atoms with Crippen molar-refractivity contribution in [1.82, 2.24) is 14.8 Å². The Morgan fingerprint density at radius 2 is 1.92 bits per heavy atom. The summed E-state index contributed by atoms with van der Waals surface area (Å²) in [5.74, 6) is -0.888. The molecule has 1 atom stereocenters. The molecule has 2 heterocycles. The Balaban J connectivity index is 1.49. The van der Waals surface area contributed by atoms with Crippen LogP contribution in [0.3, 0.4) is 0 Å². The molecule has 0 radical (unpaired) electrons. The van der Waals surface area contributed by atoms with Crippen molar-refractivity contribution >= 4 is 28.1 Å². The maximum absolute atomic E-state index is 13.6. The number of halogens is 1. The fourth-order valence-corrected chi connectivity index (χ4v) is 6.12. The van der Waals surface area contributed by atoms with E-state index in [2.05, 4.69) is 10.5 Å². The molecule has 1 aliphatic heterocycles. The van der Waals surface area contributed by atoms with Gasteiger partial charge < -0.3 is 9.84 Å². The molecule has 3 aromatic rings. The maximum atomic E-state index is 13.6. The Bertz CT molecular complexity index is 1380. The normalized spacial score (nSPS) is 16.9. The molecule has 1 amide bonds. The number of piperidine rings is 1. The number of aryl methyl sites for hydroxylation is 3. The van der Waals surface area contributed by atoms with Gasteiger partial charge in [0.05, 0.1) is 5.92 Å². The minimum absolute atomic E-state index is 0.0245. The number of benzene rings is 2. The summed E-state index contributed by atoms with van der Waals surface area (Å²) in [4.78, 5) is 12.8. The van der Waals surface area contributed by atoms with Gasteiger partial charge in [0, 0.05) is 19.6 Å². The lowest BCUT2D eigenvalue weighted by atomic mass is 9.99. The fourth-order valence-electron chi connectivity index (χ4n) is 4.34. The van der Waals surface area contributed by atoms with Crippen LogP contribution in [0.25, 0.3) is 12.2 Å². The highest BCUT2D eigenvalue weighted by atomic mass is 32.2. The number of sulfonamides is 1. The summed E-state index contributed by atoms with van der Waals surface area (Å²) in [6.45, 7) is 6.21. The third kappa shape index (κ3) is 5.74. The van der Waals surface area contributed by atoms with Crippen LogP contribution in [0.2, 0.25) is 0 Å². The first kappa shape index (κ1) is 25.8. The van der Waals surface area contributed by atoms with Gasteiger partial charge in [-0.05, 0) is 68.5 Å². The van der Waals surface area contributed by atoms with E-state index < -0.39 is 15.9 Å². The first-order valence-corrected chi connectivity index (χ1v) is 13.3.